The quantitative estimate of drug-likeness (QED) is 0.677. The van der Waals surface area contributed by atoms with Gasteiger partial charge in [0.05, 0.1) is 28.5 Å². The molecule has 0 fully saturated rings. The third-order valence-electron chi connectivity index (χ3n) is 3.95. The number of aryl methyl sites for hydroxylation is 1. The molecule has 0 spiro atoms. The van der Waals surface area contributed by atoms with Crippen molar-refractivity contribution in [2.24, 2.45) is 7.05 Å². The van der Waals surface area contributed by atoms with Gasteiger partial charge in [-0.05, 0) is 38.2 Å². The van der Waals surface area contributed by atoms with E-state index in [1.807, 2.05) is 60.1 Å². The van der Waals surface area contributed by atoms with Crippen LogP contribution in [0.2, 0.25) is 0 Å². The molecule has 0 aliphatic carbocycles. The van der Waals surface area contributed by atoms with Crippen LogP contribution < -0.4 is 0 Å². The predicted octanol–water partition coefficient (Wildman–Crippen LogP) is 3.51. The van der Waals surface area contributed by atoms with E-state index in [9.17, 15) is 4.79 Å². The lowest BCUT2D eigenvalue weighted by Gasteiger charge is -2.22. The molecule has 0 saturated heterocycles. The Kier molecular flexibility index (Phi) is 4.09. The van der Waals surface area contributed by atoms with Gasteiger partial charge in [-0.2, -0.15) is 0 Å². The molecule has 1 atom stereocenters. The first-order chi connectivity index (χ1) is 10.6. The summed E-state index contributed by atoms with van der Waals surface area (Å²) in [6.45, 7) is 2.48. The van der Waals surface area contributed by atoms with Crippen molar-refractivity contribution < 1.29 is 4.79 Å². The number of carbonyl (C=O) groups is 1. The highest BCUT2D eigenvalue weighted by atomic mass is 32.1. The van der Waals surface area contributed by atoms with Gasteiger partial charge in [-0.25, -0.2) is 4.98 Å². The number of ketones is 1. The summed E-state index contributed by atoms with van der Waals surface area (Å²) in [5.41, 5.74) is 1.76. The Morgan fingerprint density at radius 3 is 2.77 bits per heavy atom. The summed E-state index contributed by atoms with van der Waals surface area (Å²) in [4.78, 5) is 19.1. The summed E-state index contributed by atoms with van der Waals surface area (Å²) in [6.07, 6.45) is 1.89. The Balaban J connectivity index is 1.75. The number of hydrogen-bond acceptors (Lipinski definition) is 4. The Labute approximate surface area is 134 Å². The molecule has 22 heavy (non-hydrogen) atoms. The standard InChI is InChI=1S/C17H19N3OS/c1-12(17-18-13-7-4-5-9-16(13)22-17)20(3)11-15(21)14-8-6-10-19(14)2/h4-10,12H,11H2,1-3H3. The molecule has 0 radical (unpaired) electrons. The van der Waals surface area contributed by atoms with Gasteiger partial charge in [0.1, 0.15) is 5.01 Å². The Bertz CT molecular complexity index is 772. The van der Waals surface area contributed by atoms with Gasteiger partial charge in [-0.1, -0.05) is 12.1 Å². The largest absolute Gasteiger partial charge is 0.348 e. The zero-order valence-corrected chi connectivity index (χ0v) is 13.8. The summed E-state index contributed by atoms with van der Waals surface area (Å²) >= 11 is 1.69. The lowest BCUT2D eigenvalue weighted by atomic mass is 10.2. The van der Waals surface area contributed by atoms with Crippen molar-refractivity contribution in [1.82, 2.24) is 14.5 Å². The van der Waals surface area contributed by atoms with Crippen LogP contribution in [0.1, 0.15) is 28.5 Å². The van der Waals surface area contributed by atoms with Crippen LogP contribution in [0.3, 0.4) is 0 Å². The van der Waals surface area contributed by atoms with Gasteiger partial charge in [0.15, 0.2) is 5.78 Å². The monoisotopic (exact) mass is 313 g/mol. The van der Waals surface area contributed by atoms with Crippen LogP contribution in [0.4, 0.5) is 0 Å². The van der Waals surface area contributed by atoms with E-state index < -0.39 is 0 Å². The highest BCUT2D eigenvalue weighted by Gasteiger charge is 2.20. The van der Waals surface area contributed by atoms with Crippen molar-refractivity contribution in [2.75, 3.05) is 13.6 Å². The van der Waals surface area contributed by atoms with E-state index in [-0.39, 0.29) is 11.8 Å². The second kappa shape index (κ2) is 6.02. The Morgan fingerprint density at radius 2 is 2.09 bits per heavy atom. The van der Waals surface area contributed by atoms with Gasteiger partial charge >= 0.3 is 0 Å². The smallest absolute Gasteiger partial charge is 0.193 e. The average Bonchev–Trinajstić information content (AvgIpc) is 3.11. The number of hydrogen-bond donors (Lipinski definition) is 0. The average molecular weight is 313 g/mol. The van der Waals surface area contributed by atoms with E-state index in [1.54, 1.807) is 11.3 Å². The molecule has 4 nitrogen and oxygen atoms in total. The van der Waals surface area contributed by atoms with Gasteiger partial charge in [-0.3, -0.25) is 9.69 Å². The van der Waals surface area contributed by atoms with E-state index in [1.165, 1.54) is 4.70 Å². The molecule has 0 amide bonds. The summed E-state index contributed by atoms with van der Waals surface area (Å²) in [6, 6.07) is 12.0. The van der Waals surface area contributed by atoms with Crippen molar-refractivity contribution in [1.29, 1.82) is 0 Å². The summed E-state index contributed by atoms with van der Waals surface area (Å²) < 4.78 is 3.05. The van der Waals surface area contributed by atoms with Crippen molar-refractivity contribution >= 4 is 27.3 Å². The summed E-state index contributed by atoms with van der Waals surface area (Å²) in [5.74, 6) is 0.128. The number of para-hydroxylation sites is 1. The number of fused-ring (bicyclic) bond motifs is 1. The van der Waals surface area contributed by atoms with Crippen molar-refractivity contribution in [3.63, 3.8) is 0 Å². The van der Waals surface area contributed by atoms with Crippen LogP contribution in [0.5, 0.6) is 0 Å². The first-order valence-corrected chi connectivity index (χ1v) is 8.08. The molecule has 2 heterocycles. The fourth-order valence-electron chi connectivity index (χ4n) is 2.45. The SMILES string of the molecule is CC(c1nc2ccccc2s1)N(C)CC(=O)c1cccn1C. The molecule has 0 N–H and O–H groups in total. The van der Waals surface area contributed by atoms with E-state index in [0.29, 0.717) is 6.54 Å². The minimum Gasteiger partial charge on any atom is -0.348 e. The molecule has 2 aromatic heterocycles. The molecule has 0 saturated carbocycles. The van der Waals surface area contributed by atoms with Crippen LogP contribution in [-0.2, 0) is 7.05 Å². The molecular formula is C17H19N3OS. The highest BCUT2D eigenvalue weighted by Crippen LogP contribution is 2.28. The third-order valence-corrected chi connectivity index (χ3v) is 5.16. The highest BCUT2D eigenvalue weighted by molar-refractivity contribution is 7.18. The number of nitrogens with zero attached hydrogens (tertiary/aromatic N) is 3. The molecule has 114 valence electrons. The van der Waals surface area contributed by atoms with E-state index in [4.69, 9.17) is 0 Å². The summed E-state index contributed by atoms with van der Waals surface area (Å²) in [7, 11) is 3.86. The Morgan fingerprint density at radius 1 is 1.32 bits per heavy atom. The van der Waals surface area contributed by atoms with Crippen molar-refractivity contribution in [2.45, 2.75) is 13.0 Å². The van der Waals surface area contributed by atoms with Gasteiger partial charge in [0, 0.05) is 13.2 Å². The van der Waals surface area contributed by atoms with E-state index >= 15 is 0 Å². The molecule has 0 aliphatic rings. The van der Waals surface area contributed by atoms with Crippen LogP contribution >= 0.6 is 11.3 Å². The first kappa shape index (κ1) is 14.9. The molecule has 0 aliphatic heterocycles. The molecule has 0 bridgehead atoms. The molecule has 5 heteroatoms. The Hall–Kier alpha value is -1.98. The van der Waals surface area contributed by atoms with Crippen LogP contribution in [0.15, 0.2) is 42.6 Å². The zero-order chi connectivity index (χ0) is 15.7. The van der Waals surface area contributed by atoms with E-state index in [0.717, 1.165) is 16.2 Å². The van der Waals surface area contributed by atoms with Crippen LogP contribution in [0.25, 0.3) is 10.2 Å². The first-order valence-electron chi connectivity index (χ1n) is 7.26. The minimum atomic E-state index is 0.113. The van der Waals surface area contributed by atoms with Gasteiger partial charge in [-0.15, -0.1) is 11.3 Å². The summed E-state index contributed by atoms with van der Waals surface area (Å²) in [5, 5.41) is 1.04. The van der Waals surface area contributed by atoms with Crippen LogP contribution in [0, 0.1) is 0 Å². The second-order valence-corrected chi connectivity index (χ2v) is 6.60. The fourth-order valence-corrected chi connectivity index (χ4v) is 3.54. The lowest BCUT2D eigenvalue weighted by molar-refractivity contribution is 0.0916. The van der Waals surface area contributed by atoms with Gasteiger partial charge < -0.3 is 4.57 Å². The number of likely N-dealkylation sites (N-methyl/N-ethyl adjacent to an activating group) is 1. The lowest BCUT2D eigenvalue weighted by Crippen LogP contribution is -2.29. The fraction of sp³-hybridized carbons (Fsp3) is 0.294. The minimum absolute atomic E-state index is 0.113. The van der Waals surface area contributed by atoms with Gasteiger partial charge in [0.25, 0.3) is 0 Å². The topological polar surface area (TPSA) is 38.1 Å². The maximum Gasteiger partial charge on any atom is 0.193 e. The molecule has 3 aromatic rings. The number of rotatable bonds is 5. The number of carbonyl (C=O) groups excluding carboxylic acids is 1. The molecule has 1 aromatic carbocycles. The van der Waals surface area contributed by atoms with Crippen molar-refractivity contribution in [3.8, 4) is 0 Å². The number of thiazole rings is 1. The number of Topliss-reactive ketones (excluding diaryl/α,β-unsaturated/α-hetero) is 1. The predicted molar refractivity (Wildman–Crippen MR) is 90.4 cm³/mol. The molecular weight excluding hydrogens is 294 g/mol. The third kappa shape index (κ3) is 2.82. The molecule has 1 unspecified atom stereocenters. The van der Waals surface area contributed by atoms with Crippen molar-refractivity contribution in [3.05, 3.63) is 53.3 Å². The number of aromatic nitrogens is 2. The van der Waals surface area contributed by atoms with Gasteiger partial charge in [0.2, 0.25) is 0 Å². The maximum absolute atomic E-state index is 12.4. The van der Waals surface area contributed by atoms with Crippen LogP contribution in [-0.4, -0.2) is 33.8 Å². The maximum atomic E-state index is 12.4. The normalized spacial score (nSPS) is 12.9. The second-order valence-electron chi connectivity index (χ2n) is 5.54. The molecule has 3 rings (SSSR count). The van der Waals surface area contributed by atoms with E-state index in [2.05, 4.69) is 18.0 Å². The number of benzene rings is 1. The zero-order valence-electron chi connectivity index (χ0n) is 13.0.